The average molecular weight is 400 g/mol. The summed E-state index contributed by atoms with van der Waals surface area (Å²) in [5.74, 6) is -0.320. The number of rotatable bonds is 6. The van der Waals surface area contributed by atoms with Crippen LogP contribution in [0.25, 0.3) is 0 Å². The highest BCUT2D eigenvalue weighted by molar-refractivity contribution is 7.89. The largest absolute Gasteiger partial charge is 0.371 e. The molecule has 0 bridgehead atoms. The van der Waals surface area contributed by atoms with Crippen LogP contribution >= 0.6 is 0 Å². The third-order valence-electron chi connectivity index (χ3n) is 5.13. The van der Waals surface area contributed by atoms with E-state index in [0.29, 0.717) is 11.3 Å². The van der Waals surface area contributed by atoms with Crippen molar-refractivity contribution in [3.05, 3.63) is 54.1 Å². The third kappa shape index (κ3) is 4.54. The van der Waals surface area contributed by atoms with Gasteiger partial charge in [0, 0.05) is 36.1 Å². The van der Waals surface area contributed by atoms with Crippen LogP contribution < -0.4 is 14.9 Å². The van der Waals surface area contributed by atoms with Crippen LogP contribution in [0.15, 0.2) is 53.4 Å². The number of carbonyl (C=O) groups excluding carboxylic acids is 1. The first-order valence-corrected chi connectivity index (χ1v) is 11.3. The lowest BCUT2D eigenvalue weighted by atomic mass is 10.1. The van der Waals surface area contributed by atoms with E-state index in [2.05, 4.69) is 21.0 Å². The molecular formula is C21H25N3O3S. The van der Waals surface area contributed by atoms with Crippen LogP contribution in [0.3, 0.4) is 0 Å². The van der Waals surface area contributed by atoms with Gasteiger partial charge in [0.1, 0.15) is 0 Å². The van der Waals surface area contributed by atoms with Crippen LogP contribution in [0.1, 0.15) is 42.5 Å². The third-order valence-corrected chi connectivity index (χ3v) is 6.65. The van der Waals surface area contributed by atoms with E-state index in [0.717, 1.165) is 31.6 Å². The fraction of sp³-hybridized carbons (Fsp3) is 0.381. The number of hydrogen-bond donors (Lipinski definition) is 2. The zero-order valence-electron chi connectivity index (χ0n) is 15.7. The van der Waals surface area contributed by atoms with Gasteiger partial charge in [-0.1, -0.05) is 12.1 Å². The summed E-state index contributed by atoms with van der Waals surface area (Å²) in [6.45, 7) is 2.07. The molecule has 0 unspecified atom stereocenters. The molecule has 7 heteroatoms. The Morgan fingerprint density at radius 2 is 1.71 bits per heavy atom. The molecule has 0 radical (unpaired) electrons. The second-order valence-electron chi connectivity index (χ2n) is 7.48. The van der Waals surface area contributed by atoms with Crippen LogP contribution in [0, 0.1) is 0 Å². The number of carbonyl (C=O) groups is 1. The Morgan fingerprint density at radius 1 is 0.964 bits per heavy atom. The van der Waals surface area contributed by atoms with E-state index in [1.165, 1.54) is 31.4 Å². The van der Waals surface area contributed by atoms with E-state index in [4.69, 9.17) is 0 Å². The maximum atomic E-state index is 12.7. The minimum absolute atomic E-state index is 0.0278. The lowest BCUT2D eigenvalue weighted by Crippen LogP contribution is -2.29. The first-order chi connectivity index (χ1) is 13.5. The Kier molecular flexibility index (Phi) is 5.37. The summed E-state index contributed by atoms with van der Waals surface area (Å²) in [5, 5.41) is 2.89. The Morgan fingerprint density at radius 3 is 2.46 bits per heavy atom. The molecule has 148 valence electrons. The number of nitrogens with one attached hydrogen (secondary N) is 2. The van der Waals surface area contributed by atoms with Gasteiger partial charge >= 0.3 is 0 Å². The summed E-state index contributed by atoms with van der Waals surface area (Å²) in [4.78, 5) is 15.1. The Hall–Kier alpha value is -2.38. The highest BCUT2D eigenvalue weighted by Crippen LogP contribution is 2.24. The summed E-state index contributed by atoms with van der Waals surface area (Å²) >= 11 is 0. The fourth-order valence-electron chi connectivity index (χ4n) is 3.43. The van der Waals surface area contributed by atoms with E-state index >= 15 is 0 Å². The molecule has 0 spiro atoms. The Labute approximate surface area is 166 Å². The molecule has 1 saturated carbocycles. The minimum atomic E-state index is -3.58. The monoisotopic (exact) mass is 399 g/mol. The number of hydrogen-bond acceptors (Lipinski definition) is 4. The molecule has 2 fully saturated rings. The van der Waals surface area contributed by atoms with E-state index in [9.17, 15) is 13.2 Å². The molecule has 28 heavy (non-hydrogen) atoms. The van der Waals surface area contributed by atoms with E-state index in [-0.39, 0.29) is 16.8 Å². The second kappa shape index (κ2) is 7.93. The minimum Gasteiger partial charge on any atom is -0.371 e. The van der Waals surface area contributed by atoms with Gasteiger partial charge in [-0.15, -0.1) is 0 Å². The van der Waals surface area contributed by atoms with Gasteiger partial charge < -0.3 is 10.2 Å². The molecule has 1 aliphatic carbocycles. The maximum absolute atomic E-state index is 12.7. The number of anilines is 2. The van der Waals surface area contributed by atoms with Gasteiger partial charge in [-0.25, -0.2) is 13.1 Å². The number of benzene rings is 2. The van der Waals surface area contributed by atoms with Gasteiger partial charge in [0.15, 0.2) is 0 Å². The normalized spacial score (nSPS) is 17.4. The van der Waals surface area contributed by atoms with Gasteiger partial charge in [0.05, 0.1) is 4.90 Å². The summed E-state index contributed by atoms with van der Waals surface area (Å²) in [7, 11) is -3.58. The van der Waals surface area contributed by atoms with Crippen molar-refractivity contribution in [2.45, 2.75) is 43.0 Å². The van der Waals surface area contributed by atoms with Gasteiger partial charge in [-0.05, 0) is 68.5 Å². The van der Waals surface area contributed by atoms with Crippen LogP contribution in [-0.4, -0.2) is 33.5 Å². The average Bonchev–Trinajstić information content (AvgIpc) is 3.52. The molecule has 2 aromatic rings. The Bertz CT molecular complexity index is 964. The predicted molar refractivity (Wildman–Crippen MR) is 110 cm³/mol. The molecule has 2 N–H and O–H groups in total. The highest BCUT2D eigenvalue weighted by atomic mass is 32.2. The SMILES string of the molecule is O=C(Nc1cccc(N2CCCCC2)c1)c1cccc(S(=O)(=O)NC2CC2)c1. The molecule has 0 atom stereocenters. The van der Waals surface area contributed by atoms with Crippen molar-refractivity contribution in [1.82, 2.24) is 4.72 Å². The second-order valence-corrected chi connectivity index (χ2v) is 9.19. The van der Waals surface area contributed by atoms with Crippen molar-refractivity contribution in [2.24, 2.45) is 0 Å². The van der Waals surface area contributed by atoms with Crippen molar-refractivity contribution in [1.29, 1.82) is 0 Å². The van der Waals surface area contributed by atoms with Crippen molar-refractivity contribution >= 4 is 27.3 Å². The number of piperidine rings is 1. The highest BCUT2D eigenvalue weighted by Gasteiger charge is 2.28. The lowest BCUT2D eigenvalue weighted by molar-refractivity contribution is 0.102. The van der Waals surface area contributed by atoms with Crippen LogP contribution in [0.2, 0.25) is 0 Å². The number of nitrogens with zero attached hydrogens (tertiary/aromatic N) is 1. The topological polar surface area (TPSA) is 78.5 Å². The molecular weight excluding hydrogens is 374 g/mol. The zero-order chi connectivity index (χ0) is 19.6. The molecule has 1 saturated heterocycles. The van der Waals surface area contributed by atoms with Gasteiger partial charge in [0.2, 0.25) is 10.0 Å². The number of amides is 1. The summed E-state index contributed by atoms with van der Waals surface area (Å²) in [5.41, 5.74) is 2.13. The van der Waals surface area contributed by atoms with E-state index in [1.54, 1.807) is 12.1 Å². The predicted octanol–water partition coefficient (Wildman–Crippen LogP) is 3.37. The van der Waals surface area contributed by atoms with Crippen molar-refractivity contribution in [3.8, 4) is 0 Å². The molecule has 2 aliphatic rings. The molecule has 1 heterocycles. The first-order valence-electron chi connectivity index (χ1n) is 9.80. The molecule has 1 aliphatic heterocycles. The zero-order valence-corrected chi connectivity index (χ0v) is 16.5. The van der Waals surface area contributed by atoms with Gasteiger partial charge in [-0.2, -0.15) is 0 Å². The van der Waals surface area contributed by atoms with Crippen LogP contribution in [0.5, 0.6) is 0 Å². The molecule has 4 rings (SSSR count). The molecule has 0 aromatic heterocycles. The Balaban J connectivity index is 1.48. The lowest BCUT2D eigenvalue weighted by Gasteiger charge is -2.29. The quantitative estimate of drug-likeness (QED) is 0.781. The maximum Gasteiger partial charge on any atom is 0.255 e. The van der Waals surface area contributed by atoms with Gasteiger partial charge in [-0.3, -0.25) is 4.79 Å². The smallest absolute Gasteiger partial charge is 0.255 e. The van der Waals surface area contributed by atoms with Gasteiger partial charge in [0.25, 0.3) is 5.91 Å². The molecule has 1 amide bonds. The molecule has 2 aromatic carbocycles. The van der Waals surface area contributed by atoms with Crippen molar-refractivity contribution < 1.29 is 13.2 Å². The molecule has 6 nitrogen and oxygen atoms in total. The standard InChI is InChI=1S/C21H25N3O3S/c25-21(16-6-4-9-20(14-16)28(26,27)23-17-10-11-17)22-18-7-5-8-19(15-18)24-12-2-1-3-13-24/h4-9,14-15,17,23H,1-3,10-13H2,(H,22,25). The first kappa shape index (κ1) is 19.0. The van der Waals surface area contributed by atoms with E-state index in [1.807, 2.05) is 18.2 Å². The summed E-state index contributed by atoms with van der Waals surface area (Å²) < 4.78 is 27.4. The van der Waals surface area contributed by atoms with Crippen LogP contribution in [0.4, 0.5) is 11.4 Å². The fourth-order valence-corrected chi connectivity index (χ4v) is 4.78. The summed E-state index contributed by atoms with van der Waals surface area (Å²) in [6, 6.07) is 14.0. The number of sulfonamides is 1. The van der Waals surface area contributed by atoms with Crippen molar-refractivity contribution in [2.75, 3.05) is 23.3 Å². The van der Waals surface area contributed by atoms with Crippen LogP contribution in [-0.2, 0) is 10.0 Å². The van der Waals surface area contributed by atoms with Crippen molar-refractivity contribution in [3.63, 3.8) is 0 Å². The van der Waals surface area contributed by atoms with E-state index < -0.39 is 10.0 Å². The summed E-state index contributed by atoms with van der Waals surface area (Å²) in [6.07, 6.45) is 5.38.